The van der Waals surface area contributed by atoms with Crippen molar-refractivity contribution in [2.24, 2.45) is 5.92 Å². The lowest BCUT2D eigenvalue weighted by atomic mass is 10.1. The summed E-state index contributed by atoms with van der Waals surface area (Å²) in [5.41, 5.74) is 0.841. The van der Waals surface area contributed by atoms with E-state index in [1.807, 2.05) is 13.8 Å². The molecule has 0 fully saturated rings. The summed E-state index contributed by atoms with van der Waals surface area (Å²) in [6.07, 6.45) is 0. The van der Waals surface area contributed by atoms with Crippen molar-refractivity contribution >= 4 is 34.1 Å². The van der Waals surface area contributed by atoms with E-state index in [1.54, 1.807) is 66.4 Å². The topological polar surface area (TPSA) is 98.3 Å². The van der Waals surface area contributed by atoms with Gasteiger partial charge in [0.15, 0.2) is 0 Å². The third-order valence-corrected chi connectivity index (χ3v) is 6.11. The molecule has 36 heavy (non-hydrogen) atoms. The molecule has 0 aliphatic rings. The third-order valence-electron chi connectivity index (χ3n) is 5.85. The van der Waals surface area contributed by atoms with Crippen molar-refractivity contribution in [2.45, 2.75) is 26.8 Å². The molecule has 1 unspecified atom stereocenters. The predicted molar refractivity (Wildman–Crippen MR) is 140 cm³/mol. The summed E-state index contributed by atoms with van der Waals surface area (Å²) < 4.78 is 1.50. The second kappa shape index (κ2) is 10.3. The molecule has 1 atom stereocenters. The first kappa shape index (κ1) is 25.1. The second-order valence-corrected chi connectivity index (χ2v) is 9.38. The van der Waals surface area contributed by atoms with E-state index in [9.17, 15) is 19.7 Å². The number of hydrogen-bond acceptors (Lipinski definition) is 5. The zero-order chi connectivity index (χ0) is 26.0. The fraction of sp³-hybridized carbons (Fsp3) is 0.222. The van der Waals surface area contributed by atoms with E-state index in [0.717, 1.165) is 0 Å². The molecule has 0 saturated heterocycles. The highest BCUT2D eigenvalue weighted by atomic mass is 35.5. The van der Waals surface area contributed by atoms with Gasteiger partial charge in [0.2, 0.25) is 0 Å². The van der Waals surface area contributed by atoms with Crippen molar-refractivity contribution in [3.63, 3.8) is 0 Å². The molecule has 1 amide bonds. The first-order valence-corrected chi connectivity index (χ1v) is 11.9. The van der Waals surface area contributed by atoms with Crippen LogP contribution in [0.15, 0.2) is 77.6 Å². The zero-order valence-electron chi connectivity index (χ0n) is 20.1. The third kappa shape index (κ3) is 4.99. The number of para-hydroxylation sites is 1. The van der Waals surface area contributed by atoms with E-state index in [-0.39, 0.29) is 28.6 Å². The van der Waals surface area contributed by atoms with Crippen LogP contribution in [0, 0.1) is 16.0 Å². The number of nitrogens with zero attached hydrogens (tertiary/aromatic N) is 4. The fourth-order valence-electron chi connectivity index (χ4n) is 4.14. The van der Waals surface area contributed by atoms with Gasteiger partial charge in [-0.15, -0.1) is 0 Å². The number of carbonyl (C=O) groups is 1. The summed E-state index contributed by atoms with van der Waals surface area (Å²) >= 11 is 6.08. The van der Waals surface area contributed by atoms with Gasteiger partial charge in [0, 0.05) is 29.3 Å². The summed E-state index contributed by atoms with van der Waals surface area (Å²) in [7, 11) is 0. The Balaban J connectivity index is 1.90. The average molecular weight is 505 g/mol. The van der Waals surface area contributed by atoms with Crippen LogP contribution in [0.4, 0.5) is 5.69 Å². The number of non-ortho nitro benzene ring substituents is 1. The number of halogens is 1. The Hall–Kier alpha value is -4.04. The minimum Gasteiger partial charge on any atom is -0.328 e. The number of rotatable bonds is 7. The first-order valence-electron chi connectivity index (χ1n) is 11.5. The number of hydrogen-bond donors (Lipinski definition) is 0. The summed E-state index contributed by atoms with van der Waals surface area (Å²) in [4.78, 5) is 44.5. The average Bonchev–Trinajstić information content (AvgIpc) is 2.87. The maximum Gasteiger partial charge on any atom is 0.270 e. The van der Waals surface area contributed by atoms with E-state index in [1.165, 1.54) is 22.8 Å². The summed E-state index contributed by atoms with van der Waals surface area (Å²) in [6.45, 7) is 6.10. The van der Waals surface area contributed by atoms with Crippen molar-refractivity contribution in [2.75, 3.05) is 6.54 Å². The summed E-state index contributed by atoms with van der Waals surface area (Å²) in [6, 6.07) is 18.9. The lowest BCUT2D eigenvalue weighted by Gasteiger charge is -2.32. The number of benzene rings is 3. The minimum absolute atomic E-state index is 0.0891. The lowest BCUT2D eigenvalue weighted by molar-refractivity contribution is -0.384. The van der Waals surface area contributed by atoms with E-state index in [4.69, 9.17) is 16.6 Å². The Morgan fingerprint density at radius 1 is 1.06 bits per heavy atom. The lowest BCUT2D eigenvalue weighted by Crippen LogP contribution is -2.39. The van der Waals surface area contributed by atoms with E-state index in [0.29, 0.717) is 34.0 Å². The number of nitro benzene ring substituents is 1. The summed E-state index contributed by atoms with van der Waals surface area (Å²) in [5.74, 6) is 0.0803. The maximum atomic E-state index is 13.7. The first-order chi connectivity index (χ1) is 17.2. The molecular weight excluding hydrogens is 480 g/mol. The molecule has 1 heterocycles. The highest BCUT2D eigenvalue weighted by molar-refractivity contribution is 6.30. The molecule has 0 aliphatic heterocycles. The number of carbonyl (C=O) groups excluding carboxylic acids is 1. The van der Waals surface area contributed by atoms with Gasteiger partial charge in [0.1, 0.15) is 5.82 Å². The largest absolute Gasteiger partial charge is 0.328 e. The van der Waals surface area contributed by atoms with Crippen LogP contribution in [0.3, 0.4) is 0 Å². The minimum atomic E-state index is -0.632. The van der Waals surface area contributed by atoms with Crippen LogP contribution in [0.2, 0.25) is 5.02 Å². The number of aromatic nitrogens is 2. The zero-order valence-corrected chi connectivity index (χ0v) is 20.8. The van der Waals surface area contributed by atoms with Crippen LogP contribution in [-0.2, 0) is 0 Å². The second-order valence-electron chi connectivity index (χ2n) is 8.94. The molecule has 0 saturated carbocycles. The molecule has 0 aliphatic carbocycles. The normalized spacial score (nSPS) is 12.0. The Morgan fingerprint density at radius 2 is 1.75 bits per heavy atom. The van der Waals surface area contributed by atoms with Crippen LogP contribution >= 0.6 is 11.6 Å². The van der Waals surface area contributed by atoms with Gasteiger partial charge in [-0.1, -0.05) is 43.6 Å². The van der Waals surface area contributed by atoms with Gasteiger partial charge in [-0.2, -0.15) is 0 Å². The molecule has 0 radical (unpaired) electrons. The van der Waals surface area contributed by atoms with Crippen LogP contribution in [0.5, 0.6) is 0 Å². The van der Waals surface area contributed by atoms with Gasteiger partial charge in [-0.05, 0) is 55.3 Å². The smallest absolute Gasteiger partial charge is 0.270 e. The molecule has 4 rings (SSSR count). The molecule has 3 aromatic carbocycles. The maximum absolute atomic E-state index is 13.7. The SMILES string of the molecule is CC(C)CN(C(=O)c1cccc([N+](=O)[O-])c1)C(C)c1nc2ccccc2c(=O)n1-c1ccc(Cl)cc1. The Bertz CT molecular complexity index is 1500. The number of fused-ring (bicyclic) bond motifs is 1. The molecular formula is C27H25ClN4O4. The quantitative estimate of drug-likeness (QED) is 0.234. The van der Waals surface area contributed by atoms with Gasteiger partial charge < -0.3 is 4.90 Å². The van der Waals surface area contributed by atoms with Gasteiger partial charge in [-0.25, -0.2) is 4.98 Å². The number of nitro groups is 1. The molecule has 0 N–H and O–H groups in total. The van der Waals surface area contributed by atoms with E-state index >= 15 is 0 Å². The van der Waals surface area contributed by atoms with Crippen molar-refractivity contribution in [1.82, 2.24) is 14.5 Å². The van der Waals surface area contributed by atoms with Crippen LogP contribution in [0.25, 0.3) is 16.6 Å². The van der Waals surface area contributed by atoms with Crippen LogP contribution in [-0.4, -0.2) is 31.8 Å². The van der Waals surface area contributed by atoms with E-state index in [2.05, 4.69) is 0 Å². The fourth-order valence-corrected chi connectivity index (χ4v) is 4.26. The summed E-state index contributed by atoms with van der Waals surface area (Å²) in [5, 5.41) is 12.3. The number of amides is 1. The standard InChI is InChI=1S/C27H25ClN4O4/c1-17(2)16-30(26(33)19-7-6-8-22(15-19)32(35)36)18(3)25-29-24-10-5-4-9-23(24)27(34)31(25)21-13-11-20(28)12-14-21/h4-15,17-18H,16H2,1-3H3. The Kier molecular flexibility index (Phi) is 7.17. The molecule has 4 aromatic rings. The van der Waals surface area contributed by atoms with Gasteiger partial charge in [0.25, 0.3) is 17.2 Å². The predicted octanol–water partition coefficient (Wildman–Crippen LogP) is 5.81. The molecule has 0 bridgehead atoms. The highest BCUT2D eigenvalue weighted by Crippen LogP contribution is 2.27. The van der Waals surface area contributed by atoms with Gasteiger partial charge >= 0.3 is 0 Å². The van der Waals surface area contributed by atoms with E-state index < -0.39 is 11.0 Å². The van der Waals surface area contributed by atoms with Gasteiger partial charge in [-0.3, -0.25) is 24.3 Å². The molecule has 8 nitrogen and oxygen atoms in total. The Morgan fingerprint density at radius 3 is 2.42 bits per heavy atom. The molecule has 0 spiro atoms. The molecule has 184 valence electrons. The highest BCUT2D eigenvalue weighted by Gasteiger charge is 2.29. The molecule has 9 heteroatoms. The van der Waals surface area contributed by atoms with Crippen LogP contribution < -0.4 is 5.56 Å². The van der Waals surface area contributed by atoms with Gasteiger partial charge in [0.05, 0.1) is 27.6 Å². The molecule has 1 aromatic heterocycles. The Labute approximate surface area is 212 Å². The monoisotopic (exact) mass is 504 g/mol. The van der Waals surface area contributed by atoms with Crippen molar-refractivity contribution < 1.29 is 9.72 Å². The van der Waals surface area contributed by atoms with Crippen molar-refractivity contribution in [3.05, 3.63) is 110 Å². The van der Waals surface area contributed by atoms with Crippen molar-refractivity contribution in [1.29, 1.82) is 0 Å². The van der Waals surface area contributed by atoms with Crippen molar-refractivity contribution in [3.8, 4) is 5.69 Å². The van der Waals surface area contributed by atoms with Crippen LogP contribution in [0.1, 0.15) is 43.0 Å².